The van der Waals surface area contributed by atoms with Gasteiger partial charge in [0.15, 0.2) is 5.17 Å². The van der Waals surface area contributed by atoms with E-state index in [1.54, 1.807) is 36.4 Å². The predicted molar refractivity (Wildman–Crippen MR) is 88.9 cm³/mol. The van der Waals surface area contributed by atoms with Gasteiger partial charge >= 0.3 is 0 Å². The summed E-state index contributed by atoms with van der Waals surface area (Å²) in [6.45, 7) is 0. The lowest BCUT2D eigenvalue weighted by Crippen LogP contribution is -1.98. The van der Waals surface area contributed by atoms with Gasteiger partial charge in [-0.25, -0.2) is 0 Å². The minimum Gasteiger partial charge on any atom is -0.274 e. The zero-order valence-electron chi connectivity index (χ0n) is 9.80. The molecule has 0 amide bonds. The Morgan fingerprint density at radius 3 is 2.15 bits per heavy atom. The molecular weight excluding hydrogens is 361 g/mol. The molecule has 0 fully saturated rings. The van der Waals surface area contributed by atoms with Gasteiger partial charge in [-0.2, -0.15) is 5.10 Å². The Balaban J connectivity index is 2.25. The summed E-state index contributed by atoms with van der Waals surface area (Å²) in [4.78, 5) is 0. The second-order valence-electron chi connectivity index (χ2n) is 3.77. The number of hydrogen-bond donors (Lipinski definition) is 1. The highest BCUT2D eigenvalue weighted by Gasteiger charge is 2.08. The molecule has 0 spiro atoms. The number of hydrazone groups is 1. The third-order valence-electron chi connectivity index (χ3n) is 2.34. The monoisotopic (exact) mass is 366 g/mol. The van der Waals surface area contributed by atoms with Gasteiger partial charge in [-0.3, -0.25) is 5.43 Å². The molecule has 0 atom stereocenters. The number of anilines is 1. The van der Waals surface area contributed by atoms with Crippen LogP contribution in [0.25, 0.3) is 0 Å². The quantitative estimate of drug-likeness (QED) is 0.498. The van der Waals surface area contributed by atoms with Crippen LogP contribution in [0.2, 0.25) is 20.1 Å². The van der Waals surface area contributed by atoms with Gasteiger partial charge in [-0.05, 0) is 24.3 Å². The summed E-state index contributed by atoms with van der Waals surface area (Å²) in [5.74, 6) is 0. The van der Waals surface area contributed by atoms with Gasteiger partial charge in [0.2, 0.25) is 0 Å². The minimum atomic E-state index is 0.231. The lowest BCUT2D eigenvalue weighted by molar-refractivity contribution is 1.34. The molecule has 0 aliphatic carbocycles. The Morgan fingerprint density at radius 2 is 1.55 bits per heavy atom. The van der Waals surface area contributed by atoms with Crippen molar-refractivity contribution >= 4 is 68.9 Å². The SMILES string of the molecule is Cl/C(=N\Nc1c(Cl)cc(Cl)cc1Cl)c1cccc(Cl)c1. The first kappa shape index (κ1) is 15.7. The van der Waals surface area contributed by atoms with Crippen molar-refractivity contribution in [1.29, 1.82) is 0 Å². The van der Waals surface area contributed by atoms with Crippen molar-refractivity contribution in [2.75, 3.05) is 5.43 Å². The molecule has 1 N–H and O–H groups in total. The summed E-state index contributed by atoms with van der Waals surface area (Å²) in [7, 11) is 0. The van der Waals surface area contributed by atoms with Gasteiger partial charge in [-0.15, -0.1) is 0 Å². The molecule has 0 aromatic heterocycles. The topological polar surface area (TPSA) is 24.4 Å². The van der Waals surface area contributed by atoms with E-state index in [2.05, 4.69) is 10.5 Å². The molecule has 0 saturated carbocycles. The molecule has 0 radical (unpaired) electrons. The van der Waals surface area contributed by atoms with E-state index in [0.717, 1.165) is 0 Å². The molecule has 0 aliphatic rings. The molecule has 0 bridgehead atoms. The smallest absolute Gasteiger partial charge is 0.156 e. The van der Waals surface area contributed by atoms with Crippen molar-refractivity contribution in [3.63, 3.8) is 0 Å². The maximum Gasteiger partial charge on any atom is 0.156 e. The number of benzene rings is 2. The van der Waals surface area contributed by atoms with Gasteiger partial charge in [-0.1, -0.05) is 70.1 Å². The summed E-state index contributed by atoms with van der Waals surface area (Å²) in [5, 5.41) is 5.96. The first-order valence-corrected chi connectivity index (χ1v) is 7.26. The normalized spacial score (nSPS) is 11.6. The molecule has 2 rings (SSSR count). The highest BCUT2D eigenvalue weighted by molar-refractivity contribution is 6.69. The van der Waals surface area contributed by atoms with E-state index in [-0.39, 0.29) is 5.17 Å². The molecule has 0 aliphatic heterocycles. The second kappa shape index (κ2) is 6.88. The van der Waals surface area contributed by atoms with Crippen LogP contribution in [-0.2, 0) is 0 Å². The van der Waals surface area contributed by atoms with E-state index in [9.17, 15) is 0 Å². The molecule has 0 unspecified atom stereocenters. The molecule has 2 aromatic rings. The maximum absolute atomic E-state index is 6.08. The van der Waals surface area contributed by atoms with E-state index >= 15 is 0 Å². The van der Waals surface area contributed by atoms with E-state index in [4.69, 9.17) is 58.0 Å². The molecule has 0 saturated heterocycles. The Hall–Kier alpha value is -0.640. The first-order valence-electron chi connectivity index (χ1n) is 5.37. The van der Waals surface area contributed by atoms with Gasteiger partial charge in [0, 0.05) is 15.6 Å². The van der Waals surface area contributed by atoms with Crippen molar-refractivity contribution in [3.8, 4) is 0 Å². The Bertz CT molecular complexity index is 647. The van der Waals surface area contributed by atoms with Crippen LogP contribution in [0.5, 0.6) is 0 Å². The lowest BCUT2D eigenvalue weighted by Gasteiger charge is -2.07. The fraction of sp³-hybridized carbons (Fsp3) is 0. The molecule has 7 heteroatoms. The molecule has 0 heterocycles. The number of hydrogen-bond acceptors (Lipinski definition) is 2. The van der Waals surface area contributed by atoms with Crippen LogP contribution in [0, 0.1) is 0 Å². The largest absolute Gasteiger partial charge is 0.274 e. The third kappa shape index (κ3) is 3.94. The predicted octanol–water partition coefficient (Wildman–Crippen LogP) is 6.31. The van der Waals surface area contributed by atoms with Gasteiger partial charge in [0.05, 0.1) is 15.7 Å². The average molecular weight is 368 g/mol. The highest BCUT2D eigenvalue weighted by atomic mass is 35.5. The fourth-order valence-electron chi connectivity index (χ4n) is 1.44. The number of rotatable bonds is 3. The highest BCUT2D eigenvalue weighted by Crippen LogP contribution is 2.33. The van der Waals surface area contributed by atoms with Gasteiger partial charge in [0.25, 0.3) is 0 Å². The van der Waals surface area contributed by atoms with E-state index < -0.39 is 0 Å². The van der Waals surface area contributed by atoms with E-state index in [0.29, 0.717) is 31.3 Å². The molecule has 104 valence electrons. The Labute approximate surface area is 141 Å². The van der Waals surface area contributed by atoms with Crippen molar-refractivity contribution in [1.82, 2.24) is 0 Å². The van der Waals surface area contributed by atoms with Crippen LogP contribution in [0.3, 0.4) is 0 Å². The summed E-state index contributed by atoms with van der Waals surface area (Å²) in [5.41, 5.74) is 3.82. The van der Waals surface area contributed by atoms with Crippen molar-refractivity contribution in [3.05, 3.63) is 62.1 Å². The zero-order valence-corrected chi connectivity index (χ0v) is 13.6. The average Bonchev–Trinajstić information content (AvgIpc) is 2.37. The molecular formula is C13H7Cl5N2. The fourth-order valence-corrected chi connectivity index (χ4v) is 2.69. The number of nitrogens with one attached hydrogen (secondary N) is 1. The zero-order chi connectivity index (χ0) is 14.7. The summed E-state index contributed by atoms with van der Waals surface area (Å²) in [6.07, 6.45) is 0. The lowest BCUT2D eigenvalue weighted by atomic mass is 10.2. The first-order chi connectivity index (χ1) is 9.47. The number of nitrogens with zero attached hydrogens (tertiary/aromatic N) is 1. The molecule has 20 heavy (non-hydrogen) atoms. The van der Waals surface area contributed by atoms with E-state index in [1.807, 2.05) is 0 Å². The van der Waals surface area contributed by atoms with Crippen LogP contribution in [0.1, 0.15) is 5.56 Å². The van der Waals surface area contributed by atoms with Crippen molar-refractivity contribution in [2.45, 2.75) is 0 Å². The second-order valence-corrected chi connectivity index (χ2v) is 5.81. The van der Waals surface area contributed by atoms with Crippen LogP contribution in [0.15, 0.2) is 41.5 Å². The number of halogens is 5. The van der Waals surface area contributed by atoms with Crippen LogP contribution in [-0.4, -0.2) is 5.17 Å². The maximum atomic E-state index is 6.08. The third-order valence-corrected chi connectivity index (χ3v) is 3.69. The van der Waals surface area contributed by atoms with Crippen LogP contribution >= 0.6 is 58.0 Å². The summed E-state index contributed by atoms with van der Waals surface area (Å²) in [6, 6.07) is 10.1. The van der Waals surface area contributed by atoms with Crippen LogP contribution < -0.4 is 5.43 Å². The van der Waals surface area contributed by atoms with Gasteiger partial charge < -0.3 is 0 Å². The summed E-state index contributed by atoms with van der Waals surface area (Å²) >= 11 is 29.8. The molecule has 2 nitrogen and oxygen atoms in total. The Kier molecular flexibility index (Phi) is 5.42. The minimum absolute atomic E-state index is 0.231. The van der Waals surface area contributed by atoms with Gasteiger partial charge in [0.1, 0.15) is 0 Å². The summed E-state index contributed by atoms with van der Waals surface area (Å²) < 4.78 is 0. The Morgan fingerprint density at radius 1 is 0.900 bits per heavy atom. The molecule has 2 aromatic carbocycles. The van der Waals surface area contributed by atoms with Crippen molar-refractivity contribution < 1.29 is 0 Å². The van der Waals surface area contributed by atoms with Crippen LogP contribution in [0.4, 0.5) is 5.69 Å². The van der Waals surface area contributed by atoms with Crippen molar-refractivity contribution in [2.24, 2.45) is 5.10 Å². The standard InChI is InChI=1S/C13H7Cl5N2/c14-8-3-1-2-7(4-8)13(18)20-19-12-10(16)5-9(15)6-11(12)17/h1-6,19H/b20-13-. The van der Waals surface area contributed by atoms with E-state index in [1.165, 1.54) is 0 Å².